The molecule has 1 atom stereocenters. The van der Waals surface area contributed by atoms with Crippen molar-refractivity contribution in [3.63, 3.8) is 0 Å². The fraction of sp³-hybridized carbons (Fsp3) is 0.867. The molecule has 110 valence electrons. The van der Waals surface area contributed by atoms with Crippen LogP contribution in [0.25, 0.3) is 0 Å². The molecule has 4 nitrogen and oxygen atoms in total. The van der Waals surface area contributed by atoms with Gasteiger partial charge < -0.3 is 10.2 Å². The van der Waals surface area contributed by atoms with Crippen molar-refractivity contribution < 1.29 is 9.59 Å². The van der Waals surface area contributed by atoms with Gasteiger partial charge in [-0.15, -0.1) is 0 Å². The first kappa shape index (κ1) is 16.0. The lowest BCUT2D eigenvalue weighted by Gasteiger charge is -2.49. The lowest BCUT2D eigenvalue weighted by Crippen LogP contribution is -2.73. The highest BCUT2D eigenvalue weighted by Crippen LogP contribution is 2.29. The Bertz CT molecular complexity index is 363. The summed E-state index contributed by atoms with van der Waals surface area (Å²) in [7, 11) is 0. The zero-order valence-electron chi connectivity index (χ0n) is 13.2. The summed E-state index contributed by atoms with van der Waals surface area (Å²) in [4.78, 5) is 26.7. The average molecular weight is 268 g/mol. The Kier molecular flexibility index (Phi) is 4.64. The molecule has 4 heteroatoms. The fourth-order valence-corrected chi connectivity index (χ4v) is 2.51. The van der Waals surface area contributed by atoms with E-state index in [2.05, 4.69) is 19.2 Å². The second-order valence-electron chi connectivity index (χ2n) is 6.70. The molecule has 19 heavy (non-hydrogen) atoms. The minimum Gasteiger partial charge on any atom is -0.340 e. The normalized spacial score (nSPS) is 26.8. The molecule has 1 fully saturated rings. The minimum atomic E-state index is -0.788. The molecule has 1 unspecified atom stereocenters. The molecule has 0 aliphatic carbocycles. The maximum absolute atomic E-state index is 12.6. The van der Waals surface area contributed by atoms with Gasteiger partial charge in [0.1, 0.15) is 11.1 Å². The van der Waals surface area contributed by atoms with E-state index in [9.17, 15) is 9.59 Å². The van der Waals surface area contributed by atoms with Crippen molar-refractivity contribution in [1.82, 2.24) is 10.2 Å². The lowest BCUT2D eigenvalue weighted by atomic mass is 9.86. The molecule has 0 radical (unpaired) electrons. The van der Waals surface area contributed by atoms with E-state index in [1.54, 1.807) is 18.7 Å². The number of nitrogens with one attached hydrogen (secondary N) is 1. The molecule has 1 heterocycles. The molecular formula is C15H28N2O2. The molecule has 0 aromatic heterocycles. The van der Waals surface area contributed by atoms with Crippen LogP contribution in [0.15, 0.2) is 0 Å². The van der Waals surface area contributed by atoms with Crippen LogP contribution in [0, 0.1) is 5.92 Å². The summed E-state index contributed by atoms with van der Waals surface area (Å²) < 4.78 is 0. The number of nitrogens with zero attached hydrogens (tertiary/aromatic N) is 1. The van der Waals surface area contributed by atoms with E-state index in [0.29, 0.717) is 18.9 Å². The van der Waals surface area contributed by atoms with Crippen LogP contribution in [0.4, 0.5) is 0 Å². The van der Waals surface area contributed by atoms with Crippen molar-refractivity contribution in [3.8, 4) is 0 Å². The van der Waals surface area contributed by atoms with Crippen LogP contribution in [0.2, 0.25) is 0 Å². The molecular weight excluding hydrogens is 240 g/mol. The van der Waals surface area contributed by atoms with E-state index >= 15 is 0 Å². The van der Waals surface area contributed by atoms with Crippen molar-refractivity contribution in [2.75, 3.05) is 6.54 Å². The smallest absolute Gasteiger partial charge is 0.248 e. The highest BCUT2D eigenvalue weighted by atomic mass is 16.2. The van der Waals surface area contributed by atoms with Crippen LogP contribution in [0.5, 0.6) is 0 Å². The van der Waals surface area contributed by atoms with Gasteiger partial charge >= 0.3 is 0 Å². The summed E-state index contributed by atoms with van der Waals surface area (Å²) in [5.74, 6) is 0.610. The maximum atomic E-state index is 12.6. The molecule has 1 rings (SSSR count). The lowest BCUT2D eigenvalue weighted by molar-refractivity contribution is -0.161. The number of rotatable bonds is 5. The summed E-state index contributed by atoms with van der Waals surface area (Å²) in [6.45, 7) is 12.4. The maximum Gasteiger partial charge on any atom is 0.248 e. The van der Waals surface area contributed by atoms with Crippen molar-refractivity contribution in [3.05, 3.63) is 0 Å². The summed E-state index contributed by atoms with van der Waals surface area (Å²) in [5, 5.41) is 2.85. The van der Waals surface area contributed by atoms with Crippen LogP contribution >= 0.6 is 0 Å². The van der Waals surface area contributed by atoms with Crippen LogP contribution in [-0.4, -0.2) is 34.3 Å². The SMILES string of the molecule is CCC1(C)C(=O)NC(C)(C)C(=O)N1CCCC(C)C. The molecule has 0 saturated carbocycles. The average Bonchev–Trinajstić information content (AvgIpc) is 2.30. The van der Waals surface area contributed by atoms with Gasteiger partial charge in [0.05, 0.1) is 0 Å². The van der Waals surface area contributed by atoms with Crippen molar-refractivity contribution in [2.45, 2.75) is 71.9 Å². The molecule has 0 spiro atoms. The quantitative estimate of drug-likeness (QED) is 0.832. The van der Waals surface area contributed by atoms with Gasteiger partial charge in [0.15, 0.2) is 0 Å². The van der Waals surface area contributed by atoms with Crippen LogP contribution in [0.1, 0.15) is 60.8 Å². The molecule has 1 aliphatic rings. The highest BCUT2D eigenvalue weighted by molar-refractivity contribution is 6.01. The van der Waals surface area contributed by atoms with Gasteiger partial charge in [-0.2, -0.15) is 0 Å². The molecule has 2 amide bonds. The Labute approximate surface area is 116 Å². The second kappa shape index (κ2) is 5.51. The van der Waals surface area contributed by atoms with Crippen molar-refractivity contribution in [1.29, 1.82) is 0 Å². The van der Waals surface area contributed by atoms with Gasteiger partial charge in [-0.05, 0) is 46.0 Å². The molecule has 1 aliphatic heterocycles. The Morgan fingerprint density at radius 3 is 2.26 bits per heavy atom. The van der Waals surface area contributed by atoms with E-state index in [-0.39, 0.29) is 11.8 Å². The third-order valence-electron chi connectivity index (χ3n) is 4.14. The predicted octanol–water partition coefficient (Wildman–Crippen LogP) is 2.33. The summed E-state index contributed by atoms with van der Waals surface area (Å²) in [6, 6.07) is 0. The number of amides is 2. The van der Waals surface area contributed by atoms with Gasteiger partial charge in [0.25, 0.3) is 0 Å². The molecule has 1 N–H and O–H groups in total. The summed E-state index contributed by atoms with van der Waals surface area (Å²) in [5.41, 5.74) is -1.49. The zero-order chi connectivity index (χ0) is 14.8. The van der Waals surface area contributed by atoms with Crippen molar-refractivity contribution >= 4 is 11.8 Å². The minimum absolute atomic E-state index is 0.0280. The number of carbonyl (C=O) groups excluding carboxylic acids is 2. The Morgan fingerprint density at radius 1 is 1.21 bits per heavy atom. The standard InChI is InChI=1S/C15H28N2O2/c1-7-15(6)12(18)16-14(4,5)13(19)17(15)10-8-9-11(2)3/h11H,7-10H2,1-6H3,(H,16,18). The molecule has 0 bridgehead atoms. The first-order chi connectivity index (χ1) is 8.65. The molecule has 1 saturated heterocycles. The van der Waals surface area contributed by atoms with E-state index in [1.807, 2.05) is 13.8 Å². The third kappa shape index (κ3) is 3.10. The number of piperazine rings is 1. The van der Waals surface area contributed by atoms with Gasteiger partial charge in [-0.3, -0.25) is 9.59 Å². The van der Waals surface area contributed by atoms with Gasteiger partial charge in [-0.1, -0.05) is 20.8 Å². The van der Waals surface area contributed by atoms with E-state index < -0.39 is 11.1 Å². The Balaban J connectivity index is 2.91. The summed E-state index contributed by atoms with van der Waals surface area (Å²) >= 11 is 0. The number of hydrogen-bond acceptors (Lipinski definition) is 2. The van der Waals surface area contributed by atoms with E-state index in [4.69, 9.17) is 0 Å². The van der Waals surface area contributed by atoms with Gasteiger partial charge in [0.2, 0.25) is 11.8 Å². The molecule has 0 aromatic carbocycles. The van der Waals surface area contributed by atoms with E-state index in [0.717, 1.165) is 12.8 Å². The number of hydrogen-bond donors (Lipinski definition) is 1. The monoisotopic (exact) mass is 268 g/mol. The fourth-order valence-electron chi connectivity index (χ4n) is 2.51. The van der Waals surface area contributed by atoms with Gasteiger partial charge in [0, 0.05) is 6.54 Å². The highest BCUT2D eigenvalue weighted by Gasteiger charge is 2.51. The zero-order valence-corrected chi connectivity index (χ0v) is 13.2. The second-order valence-corrected chi connectivity index (χ2v) is 6.70. The largest absolute Gasteiger partial charge is 0.340 e. The first-order valence-corrected chi connectivity index (χ1v) is 7.30. The van der Waals surface area contributed by atoms with Crippen LogP contribution < -0.4 is 5.32 Å². The Morgan fingerprint density at radius 2 is 1.79 bits per heavy atom. The predicted molar refractivity (Wildman–Crippen MR) is 76.7 cm³/mol. The molecule has 0 aromatic rings. The van der Waals surface area contributed by atoms with Crippen LogP contribution in [0.3, 0.4) is 0 Å². The Hall–Kier alpha value is -1.06. The third-order valence-corrected chi connectivity index (χ3v) is 4.14. The van der Waals surface area contributed by atoms with Gasteiger partial charge in [-0.25, -0.2) is 0 Å². The van der Waals surface area contributed by atoms with E-state index in [1.165, 1.54) is 0 Å². The summed E-state index contributed by atoms with van der Waals surface area (Å²) in [6.07, 6.45) is 2.66. The number of carbonyl (C=O) groups is 2. The van der Waals surface area contributed by atoms with Crippen molar-refractivity contribution in [2.24, 2.45) is 5.92 Å². The van der Waals surface area contributed by atoms with Crippen LogP contribution in [-0.2, 0) is 9.59 Å². The first-order valence-electron chi connectivity index (χ1n) is 7.30. The topological polar surface area (TPSA) is 49.4 Å².